The van der Waals surface area contributed by atoms with Crippen molar-refractivity contribution in [3.63, 3.8) is 0 Å². The number of fused-ring (bicyclic) bond motifs is 1. The second kappa shape index (κ2) is 3.22. The molecule has 0 unspecified atom stereocenters. The van der Waals surface area contributed by atoms with Crippen LogP contribution < -0.4 is 5.43 Å². The van der Waals surface area contributed by atoms with Gasteiger partial charge >= 0.3 is 0 Å². The zero-order valence-corrected chi connectivity index (χ0v) is 8.19. The summed E-state index contributed by atoms with van der Waals surface area (Å²) in [6.07, 6.45) is 0. The molecule has 0 atom stereocenters. The lowest BCUT2D eigenvalue weighted by molar-refractivity contribution is 0.874. The molecule has 3 nitrogen and oxygen atoms in total. The summed E-state index contributed by atoms with van der Waals surface area (Å²) in [6.45, 7) is 2.90. The van der Waals surface area contributed by atoms with Crippen molar-refractivity contribution in [1.82, 2.24) is 9.66 Å². The maximum absolute atomic E-state index is 5.16. The van der Waals surface area contributed by atoms with E-state index in [0.29, 0.717) is 4.77 Å². The number of nitrogens with one attached hydrogen (secondary N) is 2. The molecule has 0 amide bonds. The fourth-order valence-corrected chi connectivity index (χ4v) is 1.64. The minimum absolute atomic E-state index is 0.711. The van der Waals surface area contributed by atoms with Crippen molar-refractivity contribution in [2.45, 2.75) is 6.92 Å². The molecule has 0 aliphatic rings. The minimum Gasteiger partial charge on any atom is -0.329 e. The summed E-state index contributed by atoms with van der Waals surface area (Å²) >= 11 is 5.16. The number of rotatable bonds is 2. The number of H-pyrrole nitrogens is 1. The number of para-hydroxylation sites is 2. The molecule has 0 aliphatic heterocycles. The van der Waals surface area contributed by atoms with Crippen LogP contribution in [0, 0.1) is 4.77 Å². The van der Waals surface area contributed by atoms with Gasteiger partial charge in [-0.2, -0.15) is 0 Å². The molecule has 2 rings (SSSR count). The summed E-state index contributed by atoms with van der Waals surface area (Å²) in [5.74, 6) is 0. The third kappa shape index (κ3) is 1.33. The fourth-order valence-electron chi connectivity index (χ4n) is 1.37. The zero-order valence-electron chi connectivity index (χ0n) is 7.37. The molecule has 1 aromatic carbocycles. The van der Waals surface area contributed by atoms with Crippen LogP contribution in [0.25, 0.3) is 11.0 Å². The highest BCUT2D eigenvalue weighted by Crippen LogP contribution is 2.11. The fraction of sp³-hybridized carbons (Fsp3) is 0.222. The van der Waals surface area contributed by atoms with Gasteiger partial charge in [0, 0.05) is 6.54 Å². The summed E-state index contributed by atoms with van der Waals surface area (Å²) in [4.78, 5) is 3.13. The molecule has 0 aliphatic carbocycles. The normalized spacial score (nSPS) is 10.5. The number of nitrogens with zero attached hydrogens (tertiary/aromatic N) is 1. The van der Waals surface area contributed by atoms with Crippen LogP contribution in [0.1, 0.15) is 6.92 Å². The summed E-state index contributed by atoms with van der Waals surface area (Å²) in [6, 6.07) is 8.03. The Bertz CT molecular complexity index is 469. The average Bonchev–Trinajstić information content (AvgIpc) is 2.44. The van der Waals surface area contributed by atoms with E-state index in [1.807, 2.05) is 35.9 Å². The highest BCUT2D eigenvalue weighted by atomic mass is 32.1. The molecule has 0 saturated carbocycles. The van der Waals surface area contributed by atoms with Gasteiger partial charge in [0.1, 0.15) is 0 Å². The van der Waals surface area contributed by atoms with Crippen LogP contribution >= 0.6 is 12.2 Å². The van der Waals surface area contributed by atoms with Crippen LogP contribution in [0.4, 0.5) is 0 Å². The van der Waals surface area contributed by atoms with Gasteiger partial charge in [-0.25, -0.2) is 4.68 Å². The number of aromatic nitrogens is 2. The molecule has 1 aromatic heterocycles. The number of aromatic amines is 1. The van der Waals surface area contributed by atoms with Crippen molar-refractivity contribution < 1.29 is 0 Å². The molecule has 68 valence electrons. The average molecular weight is 193 g/mol. The van der Waals surface area contributed by atoms with Crippen LogP contribution in [0.15, 0.2) is 24.3 Å². The molecule has 0 bridgehead atoms. The largest absolute Gasteiger partial charge is 0.329 e. The van der Waals surface area contributed by atoms with Gasteiger partial charge in [-0.15, -0.1) is 0 Å². The highest BCUT2D eigenvalue weighted by Gasteiger charge is 2.00. The maximum atomic E-state index is 5.16. The Balaban J connectivity index is 2.71. The molecule has 4 heteroatoms. The molecule has 13 heavy (non-hydrogen) atoms. The first-order valence-electron chi connectivity index (χ1n) is 4.26. The van der Waals surface area contributed by atoms with E-state index in [2.05, 4.69) is 10.4 Å². The van der Waals surface area contributed by atoms with Crippen LogP contribution in [0.5, 0.6) is 0 Å². The third-order valence-electron chi connectivity index (χ3n) is 1.91. The van der Waals surface area contributed by atoms with Gasteiger partial charge in [0.05, 0.1) is 11.0 Å². The molecule has 2 N–H and O–H groups in total. The van der Waals surface area contributed by atoms with Crippen LogP contribution in [-0.2, 0) is 0 Å². The highest BCUT2D eigenvalue weighted by molar-refractivity contribution is 7.71. The molecule has 0 spiro atoms. The predicted molar refractivity (Wildman–Crippen MR) is 57.0 cm³/mol. The van der Waals surface area contributed by atoms with Gasteiger partial charge in [-0.3, -0.25) is 0 Å². The van der Waals surface area contributed by atoms with Crippen LogP contribution in [0.3, 0.4) is 0 Å². The summed E-state index contributed by atoms with van der Waals surface area (Å²) in [7, 11) is 0. The molecule has 0 saturated heterocycles. The van der Waals surface area contributed by atoms with E-state index >= 15 is 0 Å². The molecule has 0 radical (unpaired) electrons. The van der Waals surface area contributed by atoms with E-state index in [1.165, 1.54) is 0 Å². The number of benzene rings is 1. The number of hydrogen-bond acceptors (Lipinski definition) is 2. The molecule has 0 fully saturated rings. The second-order valence-corrected chi connectivity index (χ2v) is 3.18. The topological polar surface area (TPSA) is 32.8 Å². The molecular weight excluding hydrogens is 182 g/mol. The number of imidazole rings is 1. The lowest BCUT2D eigenvalue weighted by atomic mass is 10.3. The monoisotopic (exact) mass is 193 g/mol. The Hall–Kier alpha value is -1.29. The van der Waals surface area contributed by atoms with E-state index < -0.39 is 0 Å². The lowest BCUT2D eigenvalue weighted by Gasteiger charge is -2.03. The van der Waals surface area contributed by atoms with E-state index in [9.17, 15) is 0 Å². The quantitative estimate of drug-likeness (QED) is 0.717. The Morgan fingerprint density at radius 2 is 2.23 bits per heavy atom. The van der Waals surface area contributed by atoms with Crippen molar-refractivity contribution in [2.24, 2.45) is 0 Å². The molecular formula is C9H11N3S. The van der Waals surface area contributed by atoms with E-state index in [4.69, 9.17) is 12.2 Å². The Morgan fingerprint density at radius 1 is 1.46 bits per heavy atom. The van der Waals surface area contributed by atoms with Crippen molar-refractivity contribution in [3.8, 4) is 0 Å². The van der Waals surface area contributed by atoms with Gasteiger partial charge in [-0.1, -0.05) is 12.1 Å². The minimum atomic E-state index is 0.711. The third-order valence-corrected chi connectivity index (χ3v) is 2.19. The summed E-state index contributed by atoms with van der Waals surface area (Å²) < 4.78 is 2.60. The second-order valence-electron chi connectivity index (χ2n) is 2.79. The van der Waals surface area contributed by atoms with Crippen molar-refractivity contribution in [1.29, 1.82) is 0 Å². The van der Waals surface area contributed by atoms with Gasteiger partial charge in [0.15, 0.2) is 4.77 Å². The van der Waals surface area contributed by atoms with Gasteiger partial charge in [0.25, 0.3) is 0 Å². The van der Waals surface area contributed by atoms with Gasteiger partial charge < -0.3 is 10.4 Å². The first kappa shape index (κ1) is 8.31. The van der Waals surface area contributed by atoms with Gasteiger partial charge in [-0.05, 0) is 31.3 Å². The summed E-state index contributed by atoms with van der Waals surface area (Å²) in [5.41, 5.74) is 5.34. The SMILES string of the molecule is CCNn1c(=S)[nH]c2ccccc21. The Kier molecular flexibility index (Phi) is 2.06. The molecule has 2 aromatic rings. The Labute approximate surface area is 81.4 Å². The maximum Gasteiger partial charge on any atom is 0.196 e. The Morgan fingerprint density at radius 3 is 3.00 bits per heavy atom. The predicted octanol–water partition coefficient (Wildman–Crippen LogP) is 2.26. The smallest absolute Gasteiger partial charge is 0.196 e. The van der Waals surface area contributed by atoms with E-state index in [-0.39, 0.29) is 0 Å². The zero-order chi connectivity index (χ0) is 9.26. The van der Waals surface area contributed by atoms with Crippen molar-refractivity contribution in [2.75, 3.05) is 12.0 Å². The standard InChI is InChI=1S/C9H11N3S/c1-2-10-12-8-6-4-3-5-7(8)11-9(12)13/h3-6,10H,2H2,1H3,(H,11,13). The first-order valence-corrected chi connectivity index (χ1v) is 4.67. The van der Waals surface area contributed by atoms with Gasteiger partial charge in [0.2, 0.25) is 0 Å². The molecule has 1 heterocycles. The van der Waals surface area contributed by atoms with E-state index in [1.54, 1.807) is 0 Å². The van der Waals surface area contributed by atoms with Crippen molar-refractivity contribution in [3.05, 3.63) is 29.0 Å². The summed E-state index contributed by atoms with van der Waals surface area (Å²) in [5, 5.41) is 0. The van der Waals surface area contributed by atoms with Crippen LogP contribution in [-0.4, -0.2) is 16.2 Å². The lowest BCUT2D eigenvalue weighted by Crippen LogP contribution is -2.13. The van der Waals surface area contributed by atoms with Crippen LogP contribution in [0.2, 0.25) is 0 Å². The van der Waals surface area contributed by atoms with Crippen molar-refractivity contribution >= 4 is 23.3 Å². The number of hydrogen-bond donors (Lipinski definition) is 2. The first-order chi connectivity index (χ1) is 6.33. The van der Waals surface area contributed by atoms with E-state index in [0.717, 1.165) is 17.6 Å².